The van der Waals surface area contributed by atoms with Gasteiger partial charge in [-0.15, -0.1) is 0 Å². The number of hydrogen-bond acceptors (Lipinski definition) is 3. The van der Waals surface area contributed by atoms with E-state index >= 15 is 0 Å². The molecule has 0 aliphatic carbocycles. The monoisotopic (exact) mass is 274 g/mol. The van der Waals surface area contributed by atoms with Crippen LogP contribution in [0.1, 0.15) is 27.2 Å². The second kappa shape index (κ2) is 5.07. The zero-order chi connectivity index (χ0) is 14.9. The van der Waals surface area contributed by atoms with Crippen molar-refractivity contribution in [3.63, 3.8) is 0 Å². The first kappa shape index (κ1) is 14.2. The molecule has 0 unspecified atom stereocenters. The van der Waals surface area contributed by atoms with Gasteiger partial charge in [0, 0.05) is 16.8 Å². The van der Waals surface area contributed by atoms with Crippen LogP contribution in [0.4, 0.5) is 11.4 Å². The van der Waals surface area contributed by atoms with Crippen LogP contribution in [0.3, 0.4) is 0 Å². The Balaban J connectivity index is 2.09. The number of hydrogen-bond donors (Lipinski definition) is 1. The number of nitrogens with one attached hydrogen (secondary N) is 1. The zero-order valence-electron chi connectivity index (χ0n) is 11.9. The number of rotatable bonds is 2. The molecular weight excluding hydrogens is 256 g/mol. The molecule has 0 aromatic heterocycles. The SMILES string of the molecule is CC(C)(C)C(=O)Nc1ccc(N2CC(=O)CC2=O)cc1. The molecule has 5 nitrogen and oxygen atoms in total. The topological polar surface area (TPSA) is 66.5 Å². The highest BCUT2D eigenvalue weighted by atomic mass is 16.2. The summed E-state index contributed by atoms with van der Waals surface area (Å²) >= 11 is 0. The average molecular weight is 274 g/mol. The van der Waals surface area contributed by atoms with Gasteiger partial charge in [0.2, 0.25) is 11.8 Å². The smallest absolute Gasteiger partial charge is 0.234 e. The van der Waals surface area contributed by atoms with Gasteiger partial charge in [-0.25, -0.2) is 0 Å². The van der Waals surface area contributed by atoms with Gasteiger partial charge >= 0.3 is 0 Å². The number of amides is 2. The number of Topliss-reactive ketones (excluding diaryl/α,β-unsaturated/α-hetero) is 1. The lowest BCUT2D eigenvalue weighted by molar-refractivity contribution is -0.123. The predicted molar refractivity (Wildman–Crippen MR) is 76.5 cm³/mol. The number of ketones is 1. The fourth-order valence-corrected chi connectivity index (χ4v) is 1.86. The third-order valence-corrected chi connectivity index (χ3v) is 3.10. The summed E-state index contributed by atoms with van der Waals surface area (Å²) in [6, 6.07) is 6.92. The number of anilines is 2. The van der Waals surface area contributed by atoms with Gasteiger partial charge in [0.15, 0.2) is 5.78 Å². The van der Waals surface area contributed by atoms with Gasteiger partial charge in [-0.2, -0.15) is 0 Å². The first-order chi connectivity index (χ1) is 9.27. The van der Waals surface area contributed by atoms with Crippen LogP contribution >= 0.6 is 0 Å². The third kappa shape index (κ3) is 3.04. The van der Waals surface area contributed by atoms with Crippen molar-refractivity contribution in [3.8, 4) is 0 Å². The number of carbonyl (C=O) groups is 3. The van der Waals surface area contributed by atoms with E-state index in [2.05, 4.69) is 5.32 Å². The summed E-state index contributed by atoms with van der Waals surface area (Å²) in [5, 5.41) is 2.81. The fraction of sp³-hybridized carbons (Fsp3) is 0.400. The molecule has 0 atom stereocenters. The van der Waals surface area contributed by atoms with Gasteiger partial charge in [0.05, 0.1) is 13.0 Å². The third-order valence-electron chi connectivity index (χ3n) is 3.10. The van der Waals surface area contributed by atoms with Crippen LogP contribution in [-0.2, 0) is 14.4 Å². The van der Waals surface area contributed by atoms with Crippen LogP contribution in [0.2, 0.25) is 0 Å². The van der Waals surface area contributed by atoms with Crippen LogP contribution in [0.5, 0.6) is 0 Å². The molecule has 106 valence electrons. The Labute approximate surface area is 118 Å². The van der Waals surface area contributed by atoms with Crippen LogP contribution in [0.15, 0.2) is 24.3 Å². The van der Waals surface area contributed by atoms with Crippen molar-refractivity contribution in [1.29, 1.82) is 0 Å². The predicted octanol–water partition coefficient (Wildman–Crippen LogP) is 1.98. The molecule has 20 heavy (non-hydrogen) atoms. The van der Waals surface area contributed by atoms with E-state index in [-0.39, 0.29) is 30.6 Å². The first-order valence-electron chi connectivity index (χ1n) is 6.51. The second-order valence-corrected chi connectivity index (χ2v) is 5.95. The quantitative estimate of drug-likeness (QED) is 0.838. The number of benzene rings is 1. The average Bonchev–Trinajstić information content (AvgIpc) is 2.68. The number of carbonyl (C=O) groups excluding carboxylic acids is 3. The molecule has 1 aliphatic heterocycles. The molecule has 1 heterocycles. The maximum Gasteiger partial charge on any atom is 0.234 e. The molecule has 1 saturated heterocycles. The number of nitrogens with zero attached hydrogens (tertiary/aromatic N) is 1. The lowest BCUT2D eigenvalue weighted by Gasteiger charge is -2.19. The zero-order valence-corrected chi connectivity index (χ0v) is 11.9. The van der Waals surface area contributed by atoms with E-state index in [1.54, 1.807) is 24.3 Å². The molecule has 0 saturated carbocycles. The molecule has 2 amide bonds. The molecular formula is C15H18N2O3. The van der Waals surface area contributed by atoms with Crippen LogP contribution < -0.4 is 10.2 Å². The summed E-state index contributed by atoms with van der Waals surface area (Å²) in [4.78, 5) is 36.2. The summed E-state index contributed by atoms with van der Waals surface area (Å²) in [6.45, 7) is 5.65. The Morgan fingerprint density at radius 3 is 2.20 bits per heavy atom. The molecule has 0 spiro atoms. The largest absolute Gasteiger partial charge is 0.326 e. The van der Waals surface area contributed by atoms with E-state index in [1.165, 1.54) is 4.90 Å². The first-order valence-corrected chi connectivity index (χ1v) is 6.51. The normalized spacial score (nSPS) is 15.7. The van der Waals surface area contributed by atoms with E-state index < -0.39 is 5.41 Å². The fourth-order valence-electron chi connectivity index (χ4n) is 1.86. The van der Waals surface area contributed by atoms with Gasteiger partial charge in [-0.1, -0.05) is 20.8 Å². The maximum atomic E-state index is 11.8. The summed E-state index contributed by atoms with van der Waals surface area (Å²) < 4.78 is 0. The van der Waals surface area contributed by atoms with Crippen molar-refractivity contribution >= 4 is 29.0 Å². The molecule has 0 radical (unpaired) electrons. The highest BCUT2D eigenvalue weighted by Gasteiger charge is 2.28. The van der Waals surface area contributed by atoms with Crippen molar-refractivity contribution in [2.75, 3.05) is 16.8 Å². The summed E-state index contributed by atoms with van der Waals surface area (Å²) in [5.41, 5.74) is 0.886. The second-order valence-electron chi connectivity index (χ2n) is 5.95. The maximum absolute atomic E-state index is 11.8. The Bertz CT molecular complexity index is 555. The van der Waals surface area contributed by atoms with Crippen molar-refractivity contribution in [3.05, 3.63) is 24.3 Å². The molecule has 5 heteroatoms. The Morgan fingerprint density at radius 1 is 1.15 bits per heavy atom. The molecule has 1 fully saturated rings. The minimum atomic E-state index is -0.462. The minimum absolute atomic E-state index is 0.0253. The van der Waals surface area contributed by atoms with E-state index in [9.17, 15) is 14.4 Å². The molecule has 1 aromatic rings. The van der Waals surface area contributed by atoms with Crippen molar-refractivity contribution in [2.45, 2.75) is 27.2 Å². The standard InChI is InChI=1S/C15H18N2O3/c1-15(2,3)14(20)16-10-4-6-11(7-5-10)17-9-12(18)8-13(17)19/h4-7H,8-9H2,1-3H3,(H,16,20). The Kier molecular flexibility index (Phi) is 3.61. The van der Waals surface area contributed by atoms with Gasteiger partial charge < -0.3 is 10.2 Å². The lowest BCUT2D eigenvalue weighted by atomic mass is 9.95. The van der Waals surface area contributed by atoms with Crippen LogP contribution in [-0.4, -0.2) is 24.1 Å². The van der Waals surface area contributed by atoms with E-state index in [4.69, 9.17) is 0 Å². The van der Waals surface area contributed by atoms with Gasteiger partial charge in [0.1, 0.15) is 0 Å². The molecule has 2 rings (SSSR count). The molecule has 1 aromatic carbocycles. The summed E-state index contributed by atoms with van der Waals surface area (Å²) in [7, 11) is 0. The molecule has 1 N–H and O–H groups in total. The van der Waals surface area contributed by atoms with Gasteiger partial charge in [-0.3, -0.25) is 14.4 Å². The highest BCUT2D eigenvalue weighted by Crippen LogP contribution is 2.23. The van der Waals surface area contributed by atoms with Crippen LogP contribution in [0.25, 0.3) is 0 Å². The Hall–Kier alpha value is -2.17. The summed E-state index contributed by atoms with van der Waals surface area (Å²) in [5.74, 6) is -0.320. The Morgan fingerprint density at radius 2 is 1.75 bits per heavy atom. The molecule has 1 aliphatic rings. The summed E-state index contributed by atoms with van der Waals surface area (Å²) in [6.07, 6.45) is -0.0253. The van der Waals surface area contributed by atoms with Crippen molar-refractivity contribution in [2.24, 2.45) is 5.41 Å². The van der Waals surface area contributed by atoms with Crippen molar-refractivity contribution in [1.82, 2.24) is 0 Å². The molecule has 0 bridgehead atoms. The minimum Gasteiger partial charge on any atom is -0.326 e. The van der Waals surface area contributed by atoms with Crippen LogP contribution in [0, 0.1) is 5.41 Å². The van der Waals surface area contributed by atoms with Gasteiger partial charge in [0.25, 0.3) is 0 Å². The van der Waals surface area contributed by atoms with Crippen molar-refractivity contribution < 1.29 is 14.4 Å². The highest BCUT2D eigenvalue weighted by molar-refractivity contribution is 6.15. The van der Waals surface area contributed by atoms with Gasteiger partial charge in [-0.05, 0) is 24.3 Å². The van der Waals surface area contributed by atoms with E-state index in [0.717, 1.165) is 0 Å². The van der Waals surface area contributed by atoms with E-state index in [0.29, 0.717) is 11.4 Å². The lowest BCUT2D eigenvalue weighted by Crippen LogP contribution is -2.27. The van der Waals surface area contributed by atoms with E-state index in [1.807, 2.05) is 20.8 Å².